The Balaban J connectivity index is 1.83. The van der Waals surface area contributed by atoms with Crippen LogP contribution >= 0.6 is 0 Å². The maximum Gasteiger partial charge on any atom is 0.322 e. The molecular weight excluding hydrogens is 414 g/mol. The van der Waals surface area contributed by atoms with Gasteiger partial charge in [0.1, 0.15) is 11.5 Å². The third kappa shape index (κ3) is 5.27. The van der Waals surface area contributed by atoms with Crippen LogP contribution in [0.15, 0.2) is 28.7 Å². The zero-order valence-electron chi connectivity index (χ0n) is 19.3. The number of carbonyl (C=O) groups excluding carboxylic acids is 2. The Labute approximate surface area is 188 Å². The molecule has 32 heavy (non-hydrogen) atoms. The molecule has 9 heteroatoms. The number of ether oxygens (including phenoxy) is 3. The molecule has 1 aromatic carbocycles. The van der Waals surface area contributed by atoms with Crippen LogP contribution in [0, 0.1) is 6.92 Å². The number of nitrogens with one attached hydrogen (secondary N) is 1. The standard InChI is InChI=1S/C23H31N3O6/c1-15-6-7-19(32-15)14-26(18-8-10-25(11-9-18)16(2)27)23(28)24-17-12-20(29-3)22(31-5)21(13-17)30-4/h6-7,12-13,18H,8-11,14H2,1-5H3,(H,24,28). The fourth-order valence-corrected chi connectivity index (χ4v) is 3.95. The van der Waals surface area contributed by atoms with Gasteiger partial charge in [-0.05, 0) is 31.9 Å². The molecule has 1 N–H and O–H groups in total. The molecule has 2 heterocycles. The molecule has 0 bridgehead atoms. The SMILES string of the molecule is COc1cc(NC(=O)N(Cc2ccc(C)o2)C2CCN(C(C)=O)CC2)cc(OC)c1OC. The largest absolute Gasteiger partial charge is 0.493 e. The van der Waals surface area contributed by atoms with Gasteiger partial charge in [0.05, 0.1) is 33.6 Å². The van der Waals surface area contributed by atoms with Crippen LogP contribution in [0.25, 0.3) is 0 Å². The Morgan fingerprint density at radius 1 is 1.09 bits per heavy atom. The molecule has 1 aromatic heterocycles. The molecule has 1 saturated heterocycles. The van der Waals surface area contributed by atoms with Crippen LogP contribution in [-0.2, 0) is 11.3 Å². The van der Waals surface area contributed by atoms with Crippen molar-refractivity contribution >= 4 is 17.6 Å². The van der Waals surface area contributed by atoms with Crippen LogP contribution in [0.1, 0.15) is 31.3 Å². The van der Waals surface area contributed by atoms with E-state index in [1.165, 1.54) is 21.3 Å². The number of methoxy groups -OCH3 is 3. The van der Waals surface area contributed by atoms with Crippen molar-refractivity contribution in [2.75, 3.05) is 39.7 Å². The maximum absolute atomic E-state index is 13.4. The van der Waals surface area contributed by atoms with Gasteiger partial charge < -0.3 is 33.7 Å². The zero-order valence-corrected chi connectivity index (χ0v) is 19.3. The first kappa shape index (κ1) is 23.3. The van der Waals surface area contributed by atoms with Gasteiger partial charge in [0.15, 0.2) is 11.5 Å². The number of carbonyl (C=O) groups is 2. The van der Waals surface area contributed by atoms with Crippen LogP contribution in [0.5, 0.6) is 17.2 Å². The number of hydrogen-bond donors (Lipinski definition) is 1. The third-order valence-electron chi connectivity index (χ3n) is 5.65. The van der Waals surface area contributed by atoms with Crippen molar-refractivity contribution in [3.05, 3.63) is 35.8 Å². The van der Waals surface area contributed by atoms with Crippen LogP contribution in [0.2, 0.25) is 0 Å². The summed E-state index contributed by atoms with van der Waals surface area (Å²) in [5.41, 5.74) is 0.520. The highest BCUT2D eigenvalue weighted by molar-refractivity contribution is 5.90. The van der Waals surface area contributed by atoms with E-state index in [-0.39, 0.29) is 18.0 Å². The van der Waals surface area contributed by atoms with Gasteiger partial charge in [0, 0.05) is 38.2 Å². The fraction of sp³-hybridized carbons (Fsp3) is 0.478. The zero-order chi connectivity index (χ0) is 23.3. The van der Waals surface area contributed by atoms with Gasteiger partial charge in [-0.25, -0.2) is 4.79 Å². The summed E-state index contributed by atoms with van der Waals surface area (Å²) >= 11 is 0. The highest BCUT2D eigenvalue weighted by Gasteiger charge is 2.30. The van der Waals surface area contributed by atoms with Crippen LogP contribution in [0.4, 0.5) is 10.5 Å². The number of amides is 3. The molecule has 0 saturated carbocycles. The van der Waals surface area contributed by atoms with E-state index in [1.54, 1.807) is 24.0 Å². The number of urea groups is 1. The molecule has 1 aliphatic rings. The van der Waals surface area contributed by atoms with Crippen LogP contribution in [0.3, 0.4) is 0 Å². The number of rotatable bonds is 7. The Bertz CT molecular complexity index is 924. The second kappa shape index (κ2) is 10.3. The van der Waals surface area contributed by atoms with Crippen LogP contribution < -0.4 is 19.5 Å². The van der Waals surface area contributed by atoms with E-state index in [2.05, 4.69) is 5.32 Å². The molecule has 0 spiro atoms. The lowest BCUT2D eigenvalue weighted by Gasteiger charge is -2.38. The molecule has 3 amide bonds. The minimum Gasteiger partial charge on any atom is -0.493 e. The van der Waals surface area contributed by atoms with E-state index in [9.17, 15) is 9.59 Å². The first-order valence-corrected chi connectivity index (χ1v) is 10.5. The van der Waals surface area contributed by atoms with Crippen molar-refractivity contribution in [1.29, 1.82) is 0 Å². The summed E-state index contributed by atoms with van der Waals surface area (Å²) in [7, 11) is 4.58. The van der Waals surface area contributed by atoms with Gasteiger partial charge in [-0.2, -0.15) is 0 Å². The molecule has 0 unspecified atom stereocenters. The summed E-state index contributed by atoms with van der Waals surface area (Å²) in [4.78, 5) is 28.6. The lowest BCUT2D eigenvalue weighted by Crippen LogP contribution is -2.49. The maximum atomic E-state index is 13.4. The summed E-state index contributed by atoms with van der Waals surface area (Å²) in [5, 5.41) is 2.95. The second-order valence-electron chi connectivity index (χ2n) is 7.72. The first-order valence-electron chi connectivity index (χ1n) is 10.5. The number of piperidine rings is 1. The predicted octanol–water partition coefficient (Wildman–Crippen LogP) is 3.66. The molecule has 1 aliphatic heterocycles. The van der Waals surface area contributed by atoms with Crippen molar-refractivity contribution < 1.29 is 28.2 Å². The number of nitrogens with zero attached hydrogens (tertiary/aromatic N) is 2. The Morgan fingerprint density at radius 2 is 1.72 bits per heavy atom. The van der Waals surface area contributed by atoms with Crippen molar-refractivity contribution in [2.24, 2.45) is 0 Å². The third-order valence-corrected chi connectivity index (χ3v) is 5.65. The predicted molar refractivity (Wildman–Crippen MR) is 119 cm³/mol. The van der Waals surface area contributed by atoms with E-state index in [0.29, 0.717) is 61.2 Å². The summed E-state index contributed by atoms with van der Waals surface area (Å²) in [6.07, 6.45) is 1.39. The lowest BCUT2D eigenvalue weighted by atomic mass is 10.0. The summed E-state index contributed by atoms with van der Waals surface area (Å²) in [6.45, 7) is 5.00. The topological polar surface area (TPSA) is 93.5 Å². The lowest BCUT2D eigenvalue weighted by molar-refractivity contribution is -0.130. The number of furan rings is 1. The molecule has 174 valence electrons. The second-order valence-corrected chi connectivity index (χ2v) is 7.72. The molecule has 0 aliphatic carbocycles. The number of likely N-dealkylation sites (tertiary alicyclic amines) is 1. The van der Waals surface area contributed by atoms with Crippen LogP contribution in [-0.4, -0.2) is 62.2 Å². The number of aryl methyl sites for hydroxylation is 1. The van der Waals surface area contributed by atoms with Crippen molar-refractivity contribution in [1.82, 2.24) is 9.80 Å². The minimum absolute atomic E-state index is 0.0296. The fourth-order valence-electron chi connectivity index (χ4n) is 3.95. The highest BCUT2D eigenvalue weighted by Crippen LogP contribution is 2.40. The van der Waals surface area contributed by atoms with Crippen molar-refractivity contribution in [2.45, 2.75) is 39.3 Å². The van der Waals surface area contributed by atoms with Gasteiger partial charge in [0.25, 0.3) is 0 Å². The average Bonchev–Trinajstić information content (AvgIpc) is 3.21. The smallest absolute Gasteiger partial charge is 0.322 e. The average molecular weight is 446 g/mol. The van der Waals surface area contributed by atoms with Crippen molar-refractivity contribution in [3.63, 3.8) is 0 Å². The van der Waals surface area contributed by atoms with Crippen molar-refractivity contribution in [3.8, 4) is 17.2 Å². The number of benzene rings is 1. The molecule has 1 fully saturated rings. The summed E-state index contributed by atoms with van der Waals surface area (Å²) in [5.74, 6) is 2.90. The van der Waals surface area contributed by atoms with E-state index in [4.69, 9.17) is 18.6 Å². The van der Waals surface area contributed by atoms with Gasteiger partial charge >= 0.3 is 6.03 Å². The monoisotopic (exact) mass is 445 g/mol. The number of anilines is 1. The van der Waals surface area contributed by atoms with Gasteiger partial charge in [-0.15, -0.1) is 0 Å². The molecule has 0 atom stereocenters. The molecule has 9 nitrogen and oxygen atoms in total. The Hall–Kier alpha value is -3.36. The van der Waals surface area contributed by atoms with E-state index in [1.807, 2.05) is 24.0 Å². The Morgan fingerprint density at radius 3 is 2.19 bits per heavy atom. The van der Waals surface area contributed by atoms with E-state index in [0.717, 1.165) is 5.76 Å². The van der Waals surface area contributed by atoms with Gasteiger partial charge in [0.2, 0.25) is 11.7 Å². The Kier molecular flexibility index (Phi) is 7.50. The quantitative estimate of drug-likeness (QED) is 0.699. The normalized spacial score (nSPS) is 14.1. The highest BCUT2D eigenvalue weighted by atomic mass is 16.5. The summed E-state index contributed by atoms with van der Waals surface area (Å²) < 4.78 is 21.9. The molecule has 0 radical (unpaired) electrons. The molecule has 3 rings (SSSR count). The molecular formula is C23H31N3O6. The molecule has 2 aromatic rings. The van der Waals surface area contributed by atoms with E-state index >= 15 is 0 Å². The van der Waals surface area contributed by atoms with E-state index < -0.39 is 0 Å². The minimum atomic E-state index is -0.269. The van der Waals surface area contributed by atoms with Gasteiger partial charge in [-0.3, -0.25) is 4.79 Å². The van der Waals surface area contributed by atoms with Gasteiger partial charge in [-0.1, -0.05) is 0 Å². The summed E-state index contributed by atoms with van der Waals surface area (Å²) in [6, 6.07) is 6.83. The first-order chi connectivity index (χ1) is 15.4. The number of hydrogen-bond acceptors (Lipinski definition) is 6.